The summed E-state index contributed by atoms with van der Waals surface area (Å²) in [5.74, 6) is -0.188. The summed E-state index contributed by atoms with van der Waals surface area (Å²) in [5.41, 5.74) is 0. The molecule has 1 fully saturated rings. The minimum atomic E-state index is -1.57. The fourth-order valence-corrected chi connectivity index (χ4v) is 8.59. The predicted molar refractivity (Wildman–Crippen MR) is 281 cm³/mol. The maximum atomic E-state index is 13.0. The predicted octanol–water partition coefficient (Wildman–Crippen LogP) is 13.5. The van der Waals surface area contributed by atoms with E-state index < -0.39 is 49.5 Å². The second kappa shape index (κ2) is 47.6. The van der Waals surface area contributed by atoms with E-state index >= 15 is 0 Å². The molecule has 390 valence electrons. The van der Waals surface area contributed by atoms with Crippen LogP contribution < -0.4 is 5.32 Å². The van der Waals surface area contributed by atoms with Gasteiger partial charge in [-0.3, -0.25) is 4.79 Å². The highest BCUT2D eigenvalue weighted by molar-refractivity contribution is 5.76. The lowest BCUT2D eigenvalue weighted by Gasteiger charge is -2.40. The minimum absolute atomic E-state index is 0.188. The van der Waals surface area contributed by atoms with Crippen molar-refractivity contribution in [2.24, 2.45) is 0 Å². The quantitative estimate of drug-likeness (QED) is 0.0261. The molecule has 0 radical (unpaired) electrons. The van der Waals surface area contributed by atoms with E-state index in [1.807, 2.05) is 6.08 Å². The Kier molecular flexibility index (Phi) is 44.7. The van der Waals surface area contributed by atoms with Gasteiger partial charge in [-0.25, -0.2) is 0 Å². The molecule has 9 nitrogen and oxygen atoms in total. The number of unbranched alkanes of at least 4 members (excludes halogenated alkanes) is 29. The van der Waals surface area contributed by atoms with Gasteiger partial charge >= 0.3 is 0 Å². The van der Waals surface area contributed by atoms with Gasteiger partial charge in [0.25, 0.3) is 0 Å². The molecule has 0 aromatic rings. The van der Waals surface area contributed by atoms with E-state index in [9.17, 15) is 30.3 Å². The molecule has 7 unspecified atom stereocenters. The second-order valence-corrected chi connectivity index (χ2v) is 19.4. The first-order chi connectivity index (χ1) is 32.8. The standard InChI is InChI=1S/C58H105NO8/c1-3-5-7-9-11-13-15-17-19-20-21-22-23-24-25-26-27-28-29-30-31-32-34-36-38-40-42-44-46-48-54(62)59-51(50-66-58-57(65)56(64)55(63)53(49-60)67-58)52(61)47-45-43-41-39-37-35-33-18-16-14-12-10-8-6-4-2/h15,17,20-21,23-24,37,39,45,47,51-53,55-58,60-61,63-65H,3-14,16,18-19,22,25-36,38,40-44,46,48-50H2,1-2H3,(H,59,62)/b17-15-,21-20-,24-23-,39-37+,47-45+. The van der Waals surface area contributed by atoms with Crippen LogP contribution in [0.4, 0.5) is 0 Å². The summed E-state index contributed by atoms with van der Waals surface area (Å²) in [4.78, 5) is 13.0. The Hall–Kier alpha value is -2.11. The molecule has 0 aromatic carbocycles. The molecule has 0 saturated carbocycles. The van der Waals surface area contributed by atoms with Gasteiger partial charge in [0.05, 0.1) is 25.4 Å². The Labute approximate surface area is 411 Å². The molecular formula is C58H105NO8. The van der Waals surface area contributed by atoms with Crippen LogP contribution in [-0.4, -0.2) is 87.5 Å². The molecule has 7 atom stereocenters. The summed E-state index contributed by atoms with van der Waals surface area (Å²) >= 11 is 0. The summed E-state index contributed by atoms with van der Waals surface area (Å²) < 4.78 is 11.2. The van der Waals surface area contributed by atoms with E-state index in [4.69, 9.17) is 9.47 Å². The number of carbonyl (C=O) groups is 1. The van der Waals surface area contributed by atoms with Crippen LogP contribution in [0.2, 0.25) is 0 Å². The first-order valence-electron chi connectivity index (χ1n) is 28.0. The van der Waals surface area contributed by atoms with Crippen molar-refractivity contribution >= 4 is 5.91 Å². The summed E-state index contributed by atoms with van der Waals surface area (Å²) in [6, 6.07) is -0.823. The van der Waals surface area contributed by atoms with Gasteiger partial charge in [-0.1, -0.05) is 229 Å². The molecule has 0 bridgehead atoms. The highest BCUT2D eigenvalue weighted by atomic mass is 16.7. The zero-order valence-corrected chi connectivity index (χ0v) is 43.1. The zero-order valence-electron chi connectivity index (χ0n) is 43.1. The molecule has 1 aliphatic rings. The highest BCUT2D eigenvalue weighted by Crippen LogP contribution is 2.23. The van der Waals surface area contributed by atoms with Crippen LogP contribution in [0.3, 0.4) is 0 Å². The molecule has 1 heterocycles. The van der Waals surface area contributed by atoms with Crippen molar-refractivity contribution in [3.63, 3.8) is 0 Å². The summed E-state index contributed by atoms with van der Waals surface area (Å²) in [6.45, 7) is 3.75. The third-order valence-corrected chi connectivity index (χ3v) is 13.1. The lowest BCUT2D eigenvalue weighted by molar-refractivity contribution is -0.302. The highest BCUT2D eigenvalue weighted by Gasteiger charge is 2.44. The molecular weight excluding hydrogens is 839 g/mol. The lowest BCUT2D eigenvalue weighted by Crippen LogP contribution is -2.60. The van der Waals surface area contributed by atoms with Crippen molar-refractivity contribution in [2.45, 2.75) is 288 Å². The number of aliphatic hydroxyl groups excluding tert-OH is 5. The largest absolute Gasteiger partial charge is 0.394 e. The van der Waals surface area contributed by atoms with Gasteiger partial charge in [0, 0.05) is 6.42 Å². The number of rotatable bonds is 47. The lowest BCUT2D eigenvalue weighted by atomic mass is 9.99. The maximum Gasteiger partial charge on any atom is 0.220 e. The first kappa shape index (κ1) is 62.9. The number of hydrogen-bond donors (Lipinski definition) is 6. The number of allylic oxidation sites excluding steroid dienone is 9. The van der Waals surface area contributed by atoms with E-state index in [0.717, 1.165) is 51.4 Å². The average molecular weight is 944 g/mol. The first-order valence-corrected chi connectivity index (χ1v) is 28.0. The van der Waals surface area contributed by atoms with E-state index in [0.29, 0.717) is 6.42 Å². The van der Waals surface area contributed by atoms with E-state index in [-0.39, 0.29) is 12.5 Å². The van der Waals surface area contributed by atoms with Crippen LogP contribution in [0.5, 0.6) is 0 Å². The molecule has 0 aromatic heterocycles. The van der Waals surface area contributed by atoms with Crippen LogP contribution >= 0.6 is 0 Å². The molecule has 0 spiro atoms. The van der Waals surface area contributed by atoms with Gasteiger partial charge in [-0.05, 0) is 70.6 Å². The van der Waals surface area contributed by atoms with Crippen molar-refractivity contribution in [2.75, 3.05) is 13.2 Å². The van der Waals surface area contributed by atoms with Crippen molar-refractivity contribution in [3.05, 3.63) is 60.8 Å². The van der Waals surface area contributed by atoms with Crippen LogP contribution in [0.15, 0.2) is 60.8 Å². The molecule has 1 saturated heterocycles. The Morgan fingerprint density at radius 2 is 0.896 bits per heavy atom. The average Bonchev–Trinajstić information content (AvgIpc) is 3.33. The van der Waals surface area contributed by atoms with Gasteiger partial charge in [-0.2, -0.15) is 0 Å². The van der Waals surface area contributed by atoms with Crippen LogP contribution in [0, 0.1) is 0 Å². The normalized spacial score (nSPS) is 20.1. The SMILES string of the molecule is CCCCCCC/C=C\C/C=C\C/C=C\CCCCCCCCCCCCCCCCC(=O)NC(COC1OC(CO)C(O)C(O)C1O)C(O)/C=C/CC/C=C/CCCCCCCCCCC. The molecule has 67 heavy (non-hydrogen) atoms. The molecule has 1 amide bonds. The Balaban J connectivity index is 2.21. The number of nitrogens with one attached hydrogen (secondary N) is 1. The van der Waals surface area contributed by atoms with Crippen molar-refractivity contribution in [1.82, 2.24) is 5.32 Å². The van der Waals surface area contributed by atoms with E-state index in [1.165, 1.54) is 173 Å². The van der Waals surface area contributed by atoms with Gasteiger partial charge in [-0.15, -0.1) is 0 Å². The number of aliphatic hydroxyl groups is 5. The molecule has 1 rings (SSSR count). The fourth-order valence-electron chi connectivity index (χ4n) is 8.59. The number of hydrogen-bond acceptors (Lipinski definition) is 8. The Bertz CT molecular complexity index is 1230. The fraction of sp³-hybridized carbons (Fsp3) is 0.810. The van der Waals surface area contributed by atoms with Gasteiger partial charge in [0.2, 0.25) is 5.91 Å². The third kappa shape index (κ3) is 37.4. The van der Waals surface area contributed by atoms with E-state index in [2.05, 4.69) is 67.8 Å². The number of ether oxygens (including phenoxy) is 2. The monoisotopic (exact) mass is 944 g/mol. The smallest absolute Gasteiger partial charge is 0.220 e. The number of carbonyl (C=O) groups excluding carboxylic acids is 1. The van der Waals surface area contributed by atoms with Gasteiger partial charge in [0.1, 0.15) is 24.4 Å². The molecule has 0 aliphatic carbocycles. The Morgan fingerprint density at radius 1 is 0.507 bits per heavy atom. The van der Waals surface area contributed by atoms with Crippen molar-refractivity contribution in [3.8, 4) is 0 Å². The van der Waals surface area contributed by atoms with Gasteiger partial charge in [0.15, 0.2) is 6.29 Å². The maximum absolute atomic E-state index is 13.0. The second-order valence-electron chi connectivity index (χ2n) is 19.4. The zero-order chi connectivity index (χ0) is 48.7. The summed E-state index contributed by atoms with van der Waals surface area (Å²) in [5, 5.41) is 54.4. The molecule has 6 N–H and O–H groups in total. The summed E-state index contributed by atoms with van der Waals surface area (Å²) in [7, 11) is 0. The van der Waals surface area contributed by atoms with E-state index in [1.54, 1.807) is 6.08 Å². The molecule has 9 heteroatoms. The molecule has 1 aliphatic heterocycles. The minimum Gasteiger partial charge on any atom is -0.394 e. The van der Waals surface area contributed by atoms with Crippen LogP contribution in [0.25, 0.3) is 0 Å². The van der Waals surface area contributed by atoms with Crippen LogP contribution in [-0.2, 0) is 14.3 Å². The van der Waals surface area contributed by atoms with Crippen LogP contribution in [0.1, 0.15) is 245 Å². The number of amides is 1. The van der Waals surface area contributed by atoms with Crippen molar-refractivity contribution in [1.29, 1.82) is 0 Å². The topological polar surface area (TPSA) is 149 Å². The van der Waals surface area contributed by atoms with Gasteiger partial charge < -0.3 is 40.3 Å². The third-order valence-electron chi connectivity index (χ3n) is 13.1. The Morgan fingerprint density at radius 3 is 1.36 bits per heavy atom. The van der Waals surface area contributed by atoms with Crippen molar-refractivity contribution < 1.29 is 39.8 Å². The summed E-state index contributed by atoms with van der Waals surface area (Å²) in [6.07, 6.45) is 57.1.